The first-order valence-corrected chi connectivity index (χ1v) is 8.81. The van der Waals surface area contributed by atoms with Gasteiger partial charge in [0.2, 0.25) is 5.91 Å². The summed E-state index contributed by atoms with van der Waals surface area (Å²) < 4.78 is 5.27. The molecule has 2 aromatic rings. The number of halogens is 2. The molecule has 9 heteroatoms. The predicted octanol–water partition coefficient (Wildman–Crippen LogP) is 3.11. The summed E-state index contributed by atoms with van der Waals surface area (Å²) in [5.74, 6) is -0.456. The number of nitrogens with one attached hydrogen (secondary N) is 3. The number of ether oxygens (including phenoxy) is 1. The van der Waals surface area contributed by atoms with E-state index < -0.39 is 11.8 Å². The summed E-state index contributed by atoms with van der Waals surface area (Å²) in [6.45, 7) is -0.238. The molecule has 2 rings (SSSR count). The highest BCUT2D eigenvalue weighted by Crippen LogP contribution is 2.16. The van der Waals surface area contributed by atoms with Crippen molar-refractivity contribution in [2.75, 3.05) is 6.61 Å². The Morgan fingerprint density at radius 2 is 1.74 bits per heavy atom. The maximum absolute atomic E-state index is 11.8. The largest absolute Gasteiger partial charge is 0.484 e. The summed E-state index contributed by atoms with van der Waals surface area (Å²) in [5.41, 5.74) is 5.41. The molecule has 0 aromatic heterocycles. The Bertz CT molecular complexity index is 857. The predicted molar refractivity (Wildman–Crippen MR) is 109 cm³/mol. The van der Waals surface area contributed by atoms with Crippen molar-refractivity contribution in [1.82, 2.24) is 16.2 Å². The van der Waals surface area contributed by atoms with Crippen LogP contribution in [0.3, 0.4) is 0 Å². The van der Waals surface area contributed by atoms with Crippen LogP contribution in [-0.4, -0.2) is 23.5 Å². The first-order valence-electron chi connectivity index (χ1n) is 7.65. The Labute approximate surface area is 171 Å². The standard InChI is InChI=1S/C18H15Cl2N3O3S/c19-13-6-8-14(9-7-13)26-11-17(25)22-23-18(27)21-16(24)10-5-12-3-1-2-4-15(12)20/h1-10H,11H2,(H,22,25)(H2,21,23,24,27)/b10-5+. The Balaban J connectivity index is 1.70. The maximum Gasteiger partial charge on any atom is 0.276 e. The van der Waals surface area contributed by atoms with Gasteiger partial charge in [-0.1, -0.05) is 41.4 Å². The van der Waals surface area contributed by atoms with E-state index in [0.29, 0.717) is 21.4 Å². The van der Waals surface area contributed by atoms with Crippen LogP contribution in [0.25, 0.3) is 6.08 Å². The van der Waals surface area contributed by atoms with Gasteiger partial charge >= 0.3 is 0 Å². The Morgan fingerprint density at radius 3 is 2.44 bits per heavy atom. The van der Waals surface area contributed by atoms with Crippen molar-refractivity contribution < 1.29 is 14.3 Å². The van der Waals surface area contributed by atoms with Gasteiger partial charge in [0.15, 0.2) is 11.7 Å². The van der Waals surface area contributed by atoms with Crippen molar-refractivity contribution in [2.24, 2.45) is 0 Å². The number of rotatable bonds is 5. The van der Waals surface area contributed by atoms with Crippen LogP contribution >= 0.6 is 35.4 Å². The second kappa shape index (κ2) is 10.5. The highest BCUT2D eigenvalue weighted by molar-refractivity contribution is 7.80. The van der Waals surface area contributed by atoms with E-state index in [2.05, 4.69) is 16.2 Å². The molecule has 140 valence electrons. The van der Waals surface area contributed by atoms with Crippen molar-refractivity contribution >= 4 is 58.4 Å². The fourth-order valence-electron chi connectivity index (χ4n) is 1.80. The third-order valence-electron chi connectivity index (χ3n) is 3.06. The fourth-order valence-corrected chi connectivity index (χ4v) is 2.28. The molecule has 0 spiro atoms. The minimum Gasteiger partial charge on any atom is -0.484 e. The SMILES string of the molecule is O=C(/C=C/c1ccccc1Cl)NC(=S)NNC(=O)COc1ccc(Cl)cc1. The molecule has 3 N–H and O–H groups in total. The number of amides is 2. The van der Waals surface area contributed by atoms with Crippen LogP contribution in [0.5, 0.6) is 5.75 Å². The molecule has 2 aromatic carbocycles. The smallest absolute Gasteiger partial charge is 0.276 e. The van der Waals surface area contributed by atoms with Gasteiger partial charge in [-0.15, -0.1) is 0 Å². The minimum absolute atomic E-state index is 0.0661. The summed E-state index contributed by atoms with van der Waals surface area (Å²) in [6, 6.07) is 13.6. The van der Waals surface area contributed by atoms with Crippen LogP contribution in [0.15, 0.2) is 54.6 Å². The number of benzene rings is 2. The zero-order valence-corrected chi connectivity index (χ0v) is 16.2. The van der Waals surface area contributed by atoms with Crippen molar-refractivity contribution in [1.29, 1.82) is 0 Å². The number of hydrogen-bond donors (Lipinski definition) is 3. The van der Waals surface area contributed by atoms with Crippen LogP contribution in [0.2, 0.25) is 10.0 Å². The van der Waals surface area contributed by atoms with Gasteiger partial charge in [-0.3, -0.25) is 25.8 Å². The Morgan fingerprint density at radius 1 is 1.04 bits per heavy atom. The molecule has 2 amide bonds. The minimum atomic E-state index is -0.479. The molecule has 0 fully saturated rings. The lowest BCUT2D eigenvalue weighted by molar-refractivity contribution is -0.123. The normalized spacial score (nSPS) is 10.3. The van der Waals surface area contributed by atoms with Gasteiger partial charge in [-0.25, -0.2) is 0 Å². The van der Waals surface area contributed by atoms with E-state index in [1.807, 2.05) is 0 Å². The molecular weight excluding hydrogens is 409 g/mol. The number of hydrazine groups is 1. The Kier molecular flexibility index (Phi) is 8.06. The maximum atomic E-state index is 11.8. The zero-order valence-electron chi connectivity index (χ0n) is 13.9. The molecule has 0 bridgehead atoms. The monoisotopic (exact) mass is 423 g/mol. The number of carbonyl (C=O) groups is 2. The van der Waals surface area contributed by atoms with E-state index in [1.54, 1.807) is 54.6 Å². The molecule has 0 unspecified atom stereocenters. The molecule has 0 atom stereocenters. The van der Waals surface area contributed by atoms with Crippen LogP contribution in [0, 0.1) is 0 Å². The van der Waals surface area contributed by atoms with E-state index >= 15 is 0 Å². The molecule has 0 heterocycles. The van der Waals surface area contributed by atoms with Gasteiger partial charge in [0, 0.05) is 16.1 Å². The van der Waals surface area contributed by atoms with Crippen LogP contribution in [0.4, 0.5) is 0 Å². The Hall–Kier alpha value is -2.61. The van der Waals surface area contributed by atoms with E-state index in [4.69, 9.17) is 40.2 Å². The van der Waals surface area contributed by atoms with Gasteiger partial charge in [-0.05, 0) is 54.2 Å². The van der Waals surface area contributed by atoms with E-state index in [0.717, 1.165) is 0 Å². The van der Waals surface area contributed by atoms with Crippen LogP contribution in [0.1, 0.15) is 5.56 Å². The topological polar surface area (TPSA) is 79.5 Å². The molecule has 6 nitrogen and oxygen atoms in total. The lowest BCUT2D eigenvalue weighted by atomic mass is 10.2. The lowest BCUT2D eigenvalue weighted by Gasteiger charge is -2.10. The van der Waals surface area contributed by atoms with Crippen LogP contribution < -0.4 is 20.9 Å². The molecular formula is C18H15Cl2N3O3S. The van der Waals surface area contributed by atoms with Gasteiger partial charge in [0.25, 0.3) is 5.91 Å². The van der Waals surface area contributed by atoms with E-state index in [1.165, 1.54) is 6.08 Å². The van der Waals surface area contributed by atoms with Crippen molar-refractivity contribution in [2.45, 2.75) is 0 Å². The lowest BCUT2D eigenvalue weighted by Crippen LogP contribution is -2.49. The summed E-state index contributed by atoms with van der Waals surface area (Å²) in [4.78, 5) is 23.5. The van der Waals surface area contributed by atoms with Gasteiger partial charge in [0.05, 0.1) is 0 Å². The van der Waals surface area contributed by atoms with Crippen molar-refractivity contribution in [3.05, 3.63) is 70.2 Å². The molecule has 0 radical (unpaired) electrons. The molecule has 0 aliphatic heterocycles. The molecule has 0 saturated heterocycles. The zero-order chi connectivity index (χ0) is 19.6. The molecule has 0 saturated carbocycles. The second-order valence-electron chi connectivity index (χ2n) is 5.09. The van der Waals surface area contributed by atoms with Crippen LogP contribution in [-0.2, 0) is 9.59 Å². The number of thiocarbonyl (C=S) groups is 1. The molecule has 0 aliphatic rings. The third kappa shape index (κ3) is 7.65. The van der Waals surface area contributed by atoms with Gasteiger partial charge in [0.1, 0.15) is 5.75 Å². The highest BCUT2D eigenvalue weighted by atomic mass is 35.5. The number of hydrogen-bond acceptors (Lipinski definition) is 4. The average molecular weight is 424 g/mol. The first kappa shape index (κ1) is 20.7. The summed E-state index contributed by atoms with van der Waals surface area (Å²) >= 11 is 16.7. The van der Waals surface area contributed by atoms with Crippen molar-refractivity contribution in [3.8, 4) is 5.75 Å². The first-order chi connectivity index (χ1) is 12.9. The number of carbonyl (C=O) groups excluding carboxylic acids is 2. The summed E-state index contributed by atoms with van der Waals surface area (Å²) in [5, 5.41) is 3.41. The highest BCUT2D eigenvalue weighted by Gasteiger charge is 2.05. The third-order valence-corrected chi connectivity index (χ3v) is 3.86. The molecule has 27 heavy (non-hydrogen) atoms. The van der Waals surface area contributed by atoms with E-state index in [9.17, 15) is 9.59 Å². The van der Waals surface area contributed by atoms with Gasteiger partial charge in [-0.2, -0.15) is 0 Å². The van der Waals surface area contributed by atoms with E-state index in [-0.39, 0.29) is 11.7 Å². The summed E-state index contributed by atoms with van der Waals surface area (Å²) in [6.07, 6.45) is 2.83. The molecule has 0 aliphatic carbocycles. The average Bonchev–Trinajstić information content (AvgIpc) is 2.65. The van der Waals surface area contributed by atoms with Gasteiger partial charge < -0.3 is 4.74 Å². The van der Waals surface area contributed by atoms with Crippen molar-refractivity contribution in [3.63, 3.8) is 0 Å². The summed E-state index contributed by atoms with van der Waals surface area (Å²) in [7, 11) is 0. The quantitative estimate of drug-likeness (QED) is 0.391. The second-order valence-corrected chi connectivity index (χ2v) is 6.34. The fraction of sp³-hybridized carbons (Fsp3) is 0.0556.